The molecule has 0 spiro atoms. The number of likely N-dealkylation sites (tertiary alicyclic amines) is 1. The van der Waals surface area contributed by atoms with Crippen molar-refractivity contribution < 1.29 is 9.59 Å². The van der Waals surface area contributed by atoms with Crippen LogP contribution in [0.15, 0.2) is 24.3 Å². The van der Waals surface area contributed by atoms with E-state index in [1.165, 1.54) is 0 Å². The lowest BCUT2D eigenvalue weighted by atomic mass is 10.1. The molecule has 1 aromatic carbocycles. The molecular weight excluding hydrogens is 300 g/mol. The predicted molar refractivity (Wildman–Crippen MR) is 87.7 cm³/mol. The van der Waals surface area contributed by atoms with Crippen LogP contribution in [0.25, 0.3) is 0 Å². The zero-order valence-electron chi connectivity index (χ0n) is 13.1. The van der Waals surface area contributed by atoms with Crippen LogP contribution >= 0.6 is 11.6 Å². The van der Waals surface area contributed by atoms with Gasteiger partial charge in [0.1, 0.15) is 0 Å². The first kappa shape index (κ1) is 16.8. The number of halogens is 1. The molecule has 120 valence electrons. The average molecular weight is 323 g/mol. The van der Waals surface area contributed by atoms with Crippen LogP contribution in [0.2, 0.25) is 5.02 Å². The van der Waals surface area contributed by atoms with Gasteiger partial charge in [-0.3, -0.25) is 9.59 Å². The Labute approximate surface area is 136 Å². The third-order valence-electron chi connectivity index (χ3n) is 4.17. The Morgan fingerprint density at radius 2 is 2.09 bits per heavy atom. The number of nitrogens with one attached hydrogen (secondary N) is 1. The number of carbonyl (C=O) groups is 2. The van der Waals surface area contributed by atoms with E-state index in [0.29, 0.717) is 24.5 Å². The van der Waals surface area contributed by atoms with Crippen LogP contribution in [0.3, 0.4) is 0 Å². The molecule has 2 rings (SSSR count). The SMILES string of the molecule is CCC(C)NC(=O)C1CC(=O)N(CCc2ccc(Cl)cc2)C1. The molecule has 0 aliphatic carbocycles. The lowest BCUT2D eigenvalue weighted by Gasteiger charge is -2.18. The van der Waals surface area contributed by atoms with Gasteiger partial charge in [0, 0.05) is 30.6 Å². The minimum Gasteiger partial charge on any atom is -0.353 e. The molecular formula is C17H23ClN2O2. The van der Waals surface area contributed by atoms with Gasteiger partial charge in [-0.15, -0.1) is 0 Å². The summed E-state index contributed by atoms with van der Waals surface area (Å²) in [7, 11) is 0. The van der Waals surface area contributed by atoms with Gasteiger partial charge in [0.25, 0.3) is 0 Å². The summed E-state index contributed by atoms with van der Waals surface area (Å²) < 4.78 is 0. The topological polar surface area (TPSA) is 49.4 Å². The molecule has 0 aromatic heterocycles. The molecule has 1 N–H and O–H groups in total. The van der Waals surface area contributed by atoms with Crippen molar-refractivity contribution in [2.75, 3.05) is 13.1 Å². The summed E-state index contributed by atoms with van der Waals surface area (Å²) in [6.07, 6.45) is 2.00. The predicted octanol–water partition coefficient (Wildman–Crippen LogP) is 2.65. The van der Waals surface area contributed by atoms with E-state index in [1.54, 1.807) is 4.90 Å². The first-order chi connectivity index (χ1) is 10.5. The number of hydrogen-bond donors (Lipinski definition) is 1. The Morgan fingerprint density at radius 3 is 2.73 bits per heavy atom. The molecule has 2 unspecified atom stereocenters. The fraction of sp³-hybridized carbons (Fsp3) is 0.529. The molecule has 5 heteroatoms. The maximum Gasteiger partial charge on any atom is 0.225 e. The smallest absolute Gasteiger partial charge is 0.225 e. The van der Waals surface area contributed by atoms with Crippen molar-refractivity contribution in [2.24, 2.45) is 5.92 Å². The van der Waals surface area contributed by atoms with Crippen molar-refractivity contribution in [3.8, 4) is 0 Å². The van der Waals surface area contributed by atoms with Crippen LogP contribution in [0.4, 0.5) is 0 Å². The van der Waals surface area contributed by atoms with Gasteiger partial charge in [0.2, 0.25) is 11.8 Å². The lowest BCUT2D eigenvalue weighted by molar-refractivity contribution is -0.129. The van der Waals surface area contributed by atoms with Gasteiger partial charge in [0.05, 0.1) is 5.92 Å². The summed E-state index contributed by atoms with van der Waals surface area (Å²) in [5, 5.41) is 3.67. The minimum absolute atomic E-state index is 0.00306. The van der Waals surface area contributed by atoms with E-state index in [4.69, 9.17) is 11.6 Å². The maximum atomic E-state index is 12.1. The van der Waals surface area contributed by atoms with E-state index in [-0.39, 0.29) is 23.8 Å². The zero-order chi connectivity index (χ0) is 16.1. The van der Waals surface area contributed by atoms with Gasteiger partial charge in [-0.2, -0.15) is 0 Å². The van der Waals surface area contributed by atoms with Crippen LogP contribution in [0.5, 0.6) is 0 Å². The Morgan fingerprint density at radius 1 is 1.41 bits per heavy atom. The summed E-state index contributed by atoms with van der Waals surface area (Å²) in [5.74, 6) is -0.151. The fourth-order valence-electron chi connectivity index (χ4n) is 2.54. The van der Waals surface area contributed by atoms with Gasteiger partial charge in [-0.05, 0) is 37.5 Å². The number of rotatable bonds is 6. The van der Waals surface area contributed by atoms with Gasteiger partial charge in [-0.1, -0.05) is 30.7 Å². The molecule has 1 aliphatic heterocycles. The summed E-state index contributed by atoms with van der Waals surface area (Å²) in [6.45, 7) is 5.18. The molecule has 1 aromatic rings. The minimum atomic E-state index is -0.216. The molecule has 2 amide bonds. The molecule has 22 heavy (non-hydrogen) atoms. The Bertz CT molecular complexity index is 530. The molecule has 1 heterocycles. The second kappa shape index (κ2) is 7.63. The summed E-state index contributed by atoms with van der Waals surface area (Å²) in [6, 6.07) is 7.80. The van der Waals surface area contributed by atoms with E-state index in [0.717, 1.165) is 18.4 Å². The number of hydrogen-bond acceptors (Lipinski definition) is 2. The van der Waals surface area contributed by atoms with Crippen molar-refractivity contribution in [1.82, 2.24) is 10.2 Å². The lowest BCUT2D eigenvalue weighted by Crippen LogP contribution is -2.38. The van der Waals surface area contributed by atoms with E-state index < -0.39 is 0 Å². The van der Waals surface area contributed by atoms with Crippen LogP contribution in [-0.4, -0.2) is 35.8 Å². The van der Waals surface area contributed by atoms with Gasteiger partial charge >= 0.3 is 0 Å². The normalized spacial score (nSPS) is 19.3. The third kappa shape index (κ3) is 4.47. The highest BCUT2D eigenvalue weighted by Crippen LogP contribution is 2.19. The van der Waals surface area contributed by atoms with Gasteiger partial charge < -0.3 is 10.2 Å². The van der Waals surface area contributed by atoms with Crippen LogP contribution in [-0.2, 0) is 16.0 Å². The second-order valence-electron chi connectivity index (χ2n) is 5.94. The molecule has 0 bridgehead atoms. The van der Waals surface area contributed by atoms with Crippen molar-refractivity contribution in [3.63, 3.8) is 0 Å². The van der Waals surface area contributed by atoms with Crippen molar-refractivity contribution in [2.45, 2.75) is 39.2 Å². The third-order valence-corrected chi connectivity index (χ3v) is 4.42. The number of carbonyl (C=O) groups excluding carboxylic acids is 2. The first-order valence-corrected chi connectivity index (χ1v) is 8.20. The summed E-state index contributed by atoms with van der Waals surface area (Å²) in [5.41, 5.74) is 1.14. The molecule has 1 aliphatic rings. The molecule has 1 fully saturated rings. The van der Waals surface area contributed by atoms with Gasteiger partial charge in [-0.25, -0.2) is 0 Å². The van der Waals surface area contributed by atoms with E-state index >= 15 is 0 Å². The van der Waals surface area contributed by atoms with Crippen LogP contribution < -0.4 is 5.32 Å². The summed E-state index contributed by atoms with van der Waals surface area (Å²) in [4.78, 5) is 25.9. The van der Waals surface area contributed by atoms with Crippen molar-refractivity contribution >= 4 is 23.4 Å². The van der Waals surface area contributed by atoms with Crippen LogP contribution in [0.1, 0.15) is 32.3 Å². The number of benzene rings is 1. The fourth-order valence-corrected chi connectivity index (χ4v) is 2.67. The quantitative estimate of drug-likeness (QED) is 0.875. The molecule has 2 atom stereocenters. The highest BCUT2D eigenvalue weighted by molar-refractivity contribution is 6.30. The van der Waals surface area contributed by atoms with E-state index in [9.17, 15) is 9.59 Å². The molecule has 4 nitrogen and oxygen atoms in total. The summed E-state index contributed by atoms with van der Waals surface area (Å²) >= 11 is 5.86. The number of amides is 2. The standard InChI is InChI=1S/C17H23ClN2O2/c1-3-12(2)19-17(22)14-10-16(21)20(11-14)9-8-13-4-6-15(18)7-5-13/h4-7,12,14H,3,8-11H2,1-2H3,(H,19,22). The highest BCUT2D eigenvalue weighted by atomic mass is 35.5. The Hall–Kier alpha value is -1.55. The first-order valence-electron chi connectivity index (χ1n) is 7.82. The second-order valence-corrected chi connectivity index (χ2v) is 6.37. The van der Waals surface area contributed by atoms with E-state index in [2.05, 4.69) is 5.32 Å². The van der Waals surface area contributed by atoms with Crippen molar-refractivity contribution in [1.29, 1.82) is 0 Å². The zero-order valence-corrected chi connectivity index (χ0v) is 13.9. The average Bonchev–Trinajstić information content (AvgIpc) is 2.88. The Kier molecular flexibility index (Phi) is 5.83. The molecule has 0 radical (unpaired) electrons. The maximum absolute atomic E-state index is 12.1. The monoisotopic (exact) mass is 322 g/mol. The molecule has 1 saturated heterocycles. The largest absolute Gasteiger partial charge is 0.353 e. The van der Waals surface area contributed by atoms with Crippen LogP contribution in [0, 0.1) is 5.92 Å². The number of nitrogens with zero attached hydrogens (tertiary/aromatic N) is 1. The van der Waals surface area contributed by atoms with E-state index in [1.807, 2.05) is 38.1 Å². The molecule has 0 saturated carbocycles. The van der Waals surface area contributed by atoms with Crippen molar-refractivity contribution in [3.05, 3.63) is 34.9 Å². The van der Waals surface area contributed by atoms with Gasteiger partial charge in [0.15, 0.2) is 0 Å². The Balaban J connectivity index is 1.84. The highest BCUT2D eigenvalue weighted by Gasteiger charge is 2.34.